The van der Waals surface area contributed by atoms with Crippen LogP contribution in [0.25, 0.3) is 11.4 Å². The maximum absolute atomic E-state index is 5.93. The molecule has 1 fully saturated rings. The molecule has 2 heterocycles. The molecule has 1 N–H and O–H groups in total. The number of halogens is 1. The normalized spacial score (nSPS) is 15.7. The Morgan fingerprint density at radius 2 is 1.79 bits per heavy atom. The van der Waals surface area contributed by atoms with Crippen molar-refractivity contribution in [1.82, 2.24) is 14.9 Å². The highest BCUT2D eigenvalue weighted by Gasteiger charge is 2.17. The van der Waals surface area contributed by atoms with Gasteiger partial charge < -0.3 is 5.01 Å². The van der Waals surface area contributed by atoms with Gasteiger partial charge in [0.25, 0.3) is 0 Å². The molecular formula is C13H15ClN4S. The number of piperidine rings is 1. The molecule has 4 nitrogen and oxygen atoms in total. The van der Waals surface area contributed by atoms with Crippen LogP contribution in [0.15, 0.2) is 24.3 Å². The molecule has 1 saturated heterocycles. The summed E-state index contributed by atoms with van der Waals surface area (Å²) in [6.45, 7) is 2.04. The first-order chi connectivity index (χ1) is 9.25. The topological polar surface area (TPSA) is 36.9 Å². The number of aromatic nitrogens is 3. The lowest BCUT2D eigenvalue weighted by Crippen LogP contribution is -2.39. The molecule has 0 spiro atoms. The van der Waals surface area contributed by atoms with Crippen molar-refractivity contribution in [3.8, 4) is 11.4 Å². The molecule has 1 aliphatic heterocycles. The van der Waals surface area contributed by atoms with E-state index in [0.29, 0.717) is 4.77 Å². The van der Waals surface area contributed by atoms with E-state index in [4.69, 9.17) is 23.8 Å². The summed E-state index contributed by atoms with van der Waals surface area (Å²) in [5.74, 6) is 0.851. The van der Waals surface area contributed by atoms with E-state index in [-0.39, 0.29) is 0 Å². The second-order valence-corrected chi connectivity index (χ2v) is 5.51. The first kappa shape index (κ1) is 12.7. The van der Waals surface area contributed by atoms with Crippen LogP contribution < -0.4 is 5.01 Å². The van der Waals surface area contributed by atoms with E-state index in [2.05, 4.69) is 15.2 Å². The Hall–Kier alpha value is -1.33. The van der Waals surface area contributed by atoms with Crippen molar-refractivity contribution in [2.45, 2.75) is 19.3 Å². The number of nitrogens with one attached hydrogen (secondary N) is 1. The van der Waals surface area contributed by atoms with E-state index in [1.807, 2.05) is 28.9 Å². The highest BCUT2D eigenvalue weighted by molar-refractivity contribution is 7.71. The Morgan fingerprint density at radius 1 is 1.11 bits per heavy atom. The molecule has 19 heavy (non-hydrogen) atoms. The Kier molecular flexibility index (Phi) is 3.57. The summed E-state index contributed by atoms with van der Waals surface area (Å²) >= 11 is 11.3. The summed E-state index contributed by atoms with van der Waals surface area (Å²) in [7, 11) is 0. The number of hydrogen-bond donors (Lipinski definition) is 1. The summed E-state index contributed by atoms with van der Waals surface area (Å²) in [6, 6.07) is 7.67. The highest BCUT2D eigenvalue weighted by Crippen LogP contribution is 2.21. The number of H-pyrrole nitrogens is 1. The quantitative estimate of drug-likeness (QED) is 0.863. The van der Waals surface area contributed by atoms with Crippen LogP contribution in [0.5, 0.6) is 0 Å². The monoisotopic (exact) mass is 294 g/mol. The third-order valence-electron chi connectivity index (χ3n) is 3.37. The van der Waals surface area contributed by atoms with Gasteiger partial charge in [-0.25, -0.2) is 9.77 Å². The van der Waals surface area contributed by atoms with Gasteiger partial charge in [0, 0.05) is 23.7 Å². The molecule has 0 amide bonds. The third kappa shape index (κ3) is 2.53. The molecule has 100 valence electrons. The lowest BCUT2D eigenvalue weighted by molar-refractivity contribution is 0.477. The Bertz CT molecular complexity index is 610. The minimum atomic E-state index is 0.645. The number of aromatic amines is 1. The molecule has 1 aliphatic rings. The molecular weight excluding hydrogens is 280 g/mol. The van der Waals surface area contributed by atoms with Gasteiger partial charge in [-0.15, -0.1) is 0 Å². The first-order valence-corrected chi connectivity index (χ1v) is 7.23. The van der Waals surface area contributed by atoms with E-state index in [1.54, 1.807) is 0 Å². The molecule has 0 bridgehead atoms. The van der Waals surface area contributed by atoms with Crippen molar-refractivity contribution in [3.05, 3.63) is 34.1 Å². The smallest absolute Gasteiger partial charge is 0.214 e. The van der Waals surface area contributed by atoms with E-state index in [9.17, 15) is 0 Å². The molecule has 0 atom stereocenters. The third-order valence-corrected chi connectivity index (χ3v) is 3.88. The maximum Gasteiger partial charge on any atom is 0.214 e. The van der Waals surface area contributed by atoms with Crippen molar-refractivity contribution < 1.29 is 0 Å². The van der Waals surface area contributed by atoms with Crippen LogP contribution in [-0.4, -0.2) is 28.0 Å². The minimum Gasteiger partial charge on any atom is -0.309 e. The van der Waals surface area contributed by atoms with E-state index >= 15 is 0 Å². The predicted molar refractivity (Wildman–Crippen MR) is 79.7 cm³/mol. The number of hydrogen-bond acceptors (Lipinski definition) is 3. The second-order valence-electron chi connectivity index (χ2n) is 4.69. The zero-order valence-corrected chi connectivity index (χ0v) is 12.0. The second kappa shape index (κ2) is 5.35. The predicted octanol–water partition coefficient (Wildman–Crippen LogP) is 3.38. The average Bonchev–Trinajstić information content (AvgIpc) is 2.82. The molecule has 1 aromatic carbocycles. The Balaban J connectivity index is 2.02. The number of benzene rings is 1. The van der Waals surface area contributed by atoms with E-state index in [1.165, 1.54) is 19.3 Å². The zero-order valence-electron chi connectivity index (χ0n) is 10.5. The standard InChI is InChI=1S/C13H15ClN4S/c14-11-6-4-10(5-7-11)12-15-16-13(19)18(12)17-8-2-1-3-9-17/h4-7H,1-3,8-9H2,(H,16,19). The minimum absolute atomic E-state index is 0.645. The van der Waals surface area contributed by atoms with E-state index < -0.39 is 0 Å². The van der Waals surface area contributed by atoms with Gasteiger partial charge in [0.1, 0.15) is 0 Å². The fourth-order valence-electron chi connectivity index (χ4n) is 2.42. The largest absolute Gasteiger partial charge is 0.309 e. The van der Waals surface area contributed by atoms with Crippen LogP contribution in [-0.2, 0) is 0 Å². The molecule has 0 aliphatic carbocycles. The van der Waals surface area contributed by atoms with Gasteiger partial charge in [0.05, 0.1) is 0 Å². The van der Waals surface area contributed by atoms with Gasteiger partial charge in [0.15, 0.2) is 5.82 Å². The molecule has 3 rings (SSSR count). The lowest BCUT2D eigenvalue weighted by Gasteiger charge is -2.30. The molecule has 0 unspecified atom stereocenters. The first-order valence-electron chi connectivity index (χ1n) is 6.44. The van der Waals surface area contributed by atoms with Crippen molar-refractivity contribution in [3.63, 3.8) is 0 Å². The fourth-order valence-corrected chi connectivity index (χ4v) is 2.79. The van der Waals surface area contributed by atoms with Crippen LogP contribution in [0, 0.1) is 4.77 Å². The lowest BCUT2D eigenvalue weighted by atomic mass is 10.1. The van der Waals surface area contributed by atoms with Crippen LogP contribution in [0.2, 0.25) is 5.02 Å². The summed E-state index contributed by atoms with van der Waals surface area (Å²) in [6.07, 6.45) is 3.69. The van der Waals surface area contributed by atoms with Gasteiger partial charge in [-0.05, 0) is 55.7 Å². The summed E-state index contributed by atoms with van der Waals surface area (Å²) in [5, 5.41) is 10.2. The van der Waals surface area contributed by atoms with Crippen molar-refractivity contribution in [2.24, 2.45) is 0 Å². The molecule has 0 saturated carbocycles. The van der Waals surface area contributed by atoms with Gasteiger partial charge in [0.2, 0.25) is 4.77 Å². The molecule has 0 radical (unpaired) electrons. The highest BCUT2D eigenvalue weighted by atomic mass is 35.5. The van der Waals surface area contributed by atoms with E-state index in [0.717, 1.165) is 29.5 Å². The van der Waals surface area contributed by atoms with Crippen molar-refractivity contribution in [2.75, 3.05) is 18.1 Å². The average molecular weight is 295 g/mol. The maximum atomic E-state index is 5.93. The Labute approximate surface area is 122 Å². The summed E-state index contributed by atoms with van der Waals surface area (Å²) in [5.41, 5.74) is 1.02. The molecule has 1 aromatic heterocycles. The van der Waals surface area contributed by atoms with Gasteiger partial charge in [-0.1, -0.05) is 11.6 Å². The summed E-state index contributed by atoms with van der Waals surface area (Å²) < 4.78 is 2.66. The molecule has 2 aromatic rings. The Morgan fingerprint density at radius 3 is 2.47 bits per heavy atom. The summed E-state index contributed by atoms with van der Waals surface area (Å²) in [4.78, 5) is 0. The SMILES string of the molecule is S=c1[nH]nc(-c2ccc(Cl)cc2)n1N1CCCCC1. The van der Waals surface area contributed by atoms with Crippen LogP contribution in [0.4, 0.5) is 0 Å². The van der Waals surface area contributed by atoms with Crippen LogP contribution >= 0.6 is 23.8 Å². The fraction of sp³-hybridized carbons (Fsp3) is 0.385. The van der Waals surface area contributed by atoms with Crippen molar-refractivity contribution in [1.29, 1.82) is 0 Å². The number of rotatable bonds is 2. The van der Waals surface area contributed by atoms with Gasteiger partial charge in [-0.3, -0.25) is 0 Å². The van der Waals surface area contributed by atoms with Crippen LogP contribution in [0.1, 0.15) is 19.3 Å². The van der Waals surface area contributed by atoms with Gasteiger partial charge in [-0.2, -0.15) is 5.10 Å². The molecule has 6 heteroatoms. The van der Waals surface area contributed by atoms with Crippen LogP contribution in [0.3, 0.4) is 0 Å². The van der Waals surface area contributed by atoms with Gasteiger partial charge >= 0.3 is 0 Å². The zero-order chi connectivity index (χ0) is 13.2. The number of nitrogens with zero attached hydrogens (tertiary/aromatic N) is 3. The van der Waals surface area contributed by atoms with Crippen molar-refractivity contribution >= 4 is 23.8 Å².